The number of halogens is 1. The van der Waals surface area contributed by atoms with Crippen LogP contribution >= 0.6 is 11.6 Å². The van der Waals surface area contributed by atoms with E-state index in [1.165, 1.54) is 0 Å². The summed E-state index contributed by atoms with van der Waals surface area (Å²) in [6, 6.07) is 13.3. The monoisotopic (exact) mass is 329 g/mol. The number of carbonyl (C=O) groups excluding carboxylic acids is 1. The minimum atomic E-state index is -0.0739. The van der Waals surface area contributed by atoms with E-state index in [0.29, 0.717) is 16.5 Å². The summed E-state index contributed by atoms with van der Waals surface area (Å²) in [6.07, 6.45) is 2.29. The molecule has 0 unspecified atom stereocenters. The van der Waals surface area contributed by atoms with E-state index in [9.17, 15) is 4.79 Å². The number of carbonyl (C=O) groups is 1. The molecule has 1 amide bonds. The maximum atomic E-state index is 12.6. The van der Waals surface area contributed by atoms with Crippen molar-refractivity contribution < 1.29 is 9.53 Å². The Balaban J connectivity index is 1.80. The van der Waals surface area contributed by atoms with Gasteiger partial charge in [-0.3, -0.25) is 4.79 Å². The van der Waals surface area contributed by atoms with Gasteiger partial charge in [0, 0.05) is 10.6 Å². The molecule has 3 nitrogen and oxygen atoms in total. The average Bonchev–Trinajstić information content (AvgIpc) is 3.38. The van der Waals surface area contributed by atoms with Gasteiger partial charge in [0.25, 0.3) is 5.91 Å². The average molecular weight is 330 g/mol. The van der Waals surface area contributed by atoms with Crippen LogP contribution in [0.4, 0.5) is 0 Å². The van der Waals surface area contributed by atoms with E-state index in [-0.39, 0.29) is 11.9 Å². The third-order valence-corrected chi connectivity index (χ3v) is 4.53. The van der Waals surface area contributed by atoms with Gasteiger partial charge in [-0.1, -0.05) is 29.8 Å². The second-order valence-corrected chi connectivity index (χ2v) is 6.46. The van der Waals surface area contributed by atoms with E-state index < -0.39 is 0 Å². The highest BCUT2D eigenvalue weighted by Crippen LogP contribution is 2.41. The summed E-state index contributed by atoms with van der Waals surface area (Å²) < 4.78 is 5.30. The first-order valence-corrected chi connectivity index (χ1v) is 8.17. The summed E-state index contributed by atoms with van der Waals surface area (Å²) in [5.41, 5.74) is 2.73. The number of benzene rings is 2. The highest BCUT2D eigenvalue weighted by Gasteiger charge is 2.33. The molecule has 1 aliphatic rings. The molecule has 1 N–H and O–H groups in total. The quantitative estimate of drug-likeness (QED) is 0.874. The third kappa shape index (κ3) is 3.67. The fraction of sp³-hybridized carbons (Fsp3) is 0.316. The molecular weight excluding hydrogens is 310 g/mol. The SMILES string of the molecule is COc1cc(C(=O)N[C@H](c2ccc(Cl)cc2)C2CC2)ccc1C. The topological polar surface area (TPSA) is 38.3 Å². The van der Waals surface area contributed by atoms with Gasteiger partial charge in [0.05, 0.1) is 13.2 Å². The van der Waals surface area contributed by atoms with Crippen molar-refractivity contribution in [1.82, 2.24) is 5.32 Å². The fourth-order valence-electron chi connectivity index (χ4n) is 2.76. The molecule has 4 heteroatoms. The molecule has 23 heavy (non-hydrogen) atoms. The number of amides is 1. The van der Waals surface area contributed by atoms with Crippen LogP contribution in [-0.2, 0) is 0 Å². The van der Waals surface area contributed by atoms with Crippen molar-refractivity contribution in [1.29, 1.82) is 0 Å². The van der Waals surface area contributed by atoms with E-state index in [4.69, 9.17) is 16.3 Å². The van der Waals surface area contributed by atoms with Crippen molar-refractivity contribution in [2.24, 2.45) is 5.92 Å². The summed E-state index contributed by atoms with van der Waals surface area (Å²) in [5, 5.41) is 3.87. The Morgan fingerprint density at radius 2 is 1.91 bits per heavy atom. The molecule has 0 saturated heterocycles. The van der Waals surface area contributed by atoms with Crippen molar-refractivity contribution in [3.05, 3.63) is 64.2 Å². The van der Waals surface area contributed by atoms with E-state index in [1.54, 1.807) is 13.2 Å². The minimum Gasteiger partial charge on any atom is -0.496 e. The summed E-state index contributed by atoms with van der Waals surface area (Å²) in [4.78, 5) is 12.6. The number of ether oxygens (including phenoxy) is 1. The van der Waals surface area contributed by atoms with Crippen LogP contribution in [0.15, 0.2) is 42.5 Å². The lowest BCUT2D eigenvalue weighted by Crippen LogP contribution is -2.29. The molecule has 2 aromatic rings. The van der Waals surface area contributed by atoms with Crippen LogP contribution in [0.5, 0.6) is 5.75 Å². The van der Waals surface area contributed by atoms with Crippen LogP contribution in [0.25, 0.3) is 0 Å². The second-order valence-electron chi connectivity index (χ2n) is 6.02. The van der Waals surface area contributed by atoms with Crippen molar-refractivity contribution in [3.8, 4) is 5.75 Å². The predicted molar refractivity (Wildman–Crippen MR) is 92.1 cm³/mol. The van der Waals surface area contributed by atoms with Crippen LogP contribution in [0.2, 0.25) is 5.02 Å². The van der Waals surface area contributed by atoms with Crippen molar-refractivity contribution in [2.75, 3.05) is 7.11 Å². The zero-order valence-corrected chi connectivity index (χ0v) is 14.1. The van der Waals surface area contributed by atoms with Crippen molar-refractivity contribution in [2.45, 2.75) is 25.8 Å². The lowest BCUT2D eigenvalue weighted by atomic mass is 10.0. The number of nitrogens with one attached hydrogen (secondary N) is 1. The number of rotatable bonds is 5. The van der Waals surface area contributed by atoms with Gasteiger partial charge in [0.15, 0.2) is 0 Å². The number of hydrogen-bond acceptors (Lipinski definition) is 2. The van der Waals surface area contributed by atoms with Gasteiger partial charge in [-0.25, -0.2) is 0 Å². The molecule has 120 valence electrons. The fourth-order valence-corrected chi connectivity index (χ4v) is 2.88. The van der Waals surface area contributed by atoms with Gasteiger partial charge in [-0.05, 0) is 61.1 Å². The highest BCUT2D eigenvalue weighted by atomic mass is 35.5. The third-order valence-electron chi connectivity index (χ3n) is 4.28. The Labute approximate surface area is 141 Å². The van der Waals surface area contributed by atoms with Gasteiger partial charge < -0.3 is 10.1 Å². The van der Waals surface area contributed by atoms with Gasteiger partial charge >= 0.3 is 0 Å². The Bertz CT molecular complexity index is 708. The van der Waals surface area contributed by atoms with Gasteiger partial charge in [-0.15, -0.1) is 0 Å². The van der Waals surface area contributed by atoms with Gasteiger partial charge in [0.1, 0.15) is 5.75 Å². The largest absolute Gasteiger partial charge is 0.496 e. The van der Waals surface area contributed by atoms with E-state index in [0.717, 1.165) is 29.7 Å². The highest BCUT2D eigenvalue weighted by molar-refractivity contribution is 6.30. The van der Waals surface area contributed by atoms with Crippen LogP contribution in [0.1, 0.15) is 40.4 Å². The first-order chi connectivity index (χ1) is 11.1. The lowest BCUT2D eigenvalue weighted by molar-refractivity contribution is 0.0931. The molecule has 1 aliphatic carbocycles. The molecule has 0 spiro atoms. The van der Waals surface area contributed by atoms with Gasteiger partial charge in [-0.2, -0.15) is 0 Å². The molecular formula is C19H20ClNO2. The van der Waals surface area contributed by atoms with Gasteiger partial charge in [0.2, 0.25) is 0 Å². The Morgan fingerprint density at radius 1 is 1.22 bits per heavy atom. The first-order valence-electron chi connectivity index (χ1n) is 7.79. The first kappa shape index (κ1) is 15.9. The number of aryl methyl sites for hydroxylation is 1. The van der Waals surface area contributed by atoms with E-state index >= 15 is 0 Å². The molecule has 0 heterocycles. The molecule has 0 aromatic heterocycles. The van der Waals surface area contributed by atoms with Crippen LogP contribution in [0, 0.1) is 12.8 Å². The maximum absolute atomic E-state index is 12.6. The Morgan fingerprint density at radius 3 is 2.52 bits per heavy atom. The summed E-state index contributed by atoms with van der Waals surface area (Å²) >= 11 is 5.96. The Hall–Kier alpha value is -2.00. The Kier molecular flexibility index (Phi) is 4.58. The van der Waals surface area contributed by atoms with Crippen LogP contribution in [-0.4, -0.2) is 13.0 Å². The molecule has 3 rings (SSSR count). The van der Waals surface area contributed by atoms with E-state index in [2.05, 4.69) is 5.32 Å². The number of hydrogen-bond donors (Lipinski definition) is 1. The zero-order chi connectivity index (χ0) is 16.4. The maximum Gasteiger partial charge on any atom is 0.251 e. The molecule has 0 aliphatic heterocycles. The molecule has 1 fully saturated rings. The van der Waals surface area contributed by atoms with Crippen molar-refractivity contribution in [3.63, 3.8) is 0 Å². The molecule has 1 saturated carbocycles. The number of methoxy groups -OCH3 is 1. The minimum absolute atomic E-state index is 0.0343. The van der Waals surface area contributed by atoms with Crippen LogP contribution in [0.3, 0.4) is 0 Å². The van der Waals surface area contributed by atoms with Crippen molar-refractivity contribution >= 4 is 17.5 Å². The normalized spacial score (nSPS) is 15.1. The van der Waals surface area contributed by atoms with Crippen LogP contribution < -0.4 is 10.1 Å². The van der Waals surface area contributed by atoms with E-state index in [1.807, 2.05) is 43.3 Å². The smallest absolute Gasteiger partial charge is 0.251 e. The second kappa shape index (κ2) is 6.63. The summed E-state index contributed by atoms with van der Waals surface area (Å²) in [5.74, 6) is 1.16. The molecule has 1 atom stereocenters. The summed E-state index contributed by atoms with van der Waals surface area (Å²) in [6.45, 7) is 1.96. The molecule has 2 aromatic carbocycles. The zero-order valence-electron chi connectivity index (χ0n) is 13.3. The lowest BCUT2D eigenvalue weighted by Gasteiger charge is -2.19. The summed E-state index contributed by atoms with van der Waals surface area (Å²) in [7, 11) is 1.62. The molecule has 0 bridgehead atoms. The molecule has 0 radical (unpaired) electrons. The predicted octanol–water partition coefficient (Wildman–Crippen LogP) is 4.54. The standard InChI is InChI=1S/C19H20ClNO2/c1-12-3-4-15(11-17(12)23-2)19(22)21-18(13-5-6-13)14-7-9-16(20)10-8-14/h3-4,7-11,13,18H,5-6H2,1-2H3,(H,21,22)/t18-/m0/s1.